The topological polar surface area (TPSA) is 53.7 Å². The molecule has 2 N–H and O–H groups in total. The Morgan fingerprint density at radius 1 is 1.05 bits per heavy atom. The lowest BCUT2D eigenvalue weighted by molar-refractivity contribution is 0.320. The quantitative estimate of drug-likeness (QED) is 0.814. The molecular weight excluding hydrogens is 262 g/mol. The highest BCUT2D eigenvalue weighted by atomic mass is 32.1. The van der Waals surface area contributed by atoms with Gasteiger partial charge >= 0.3 is 0 Å². The van der Waals surface area contributed by atoms with Gasteiger partial charge in [-0.25, -0.2) is 0 Å². The van der Waals surface area contributed by atoms with Crippen molar-refractivity contribution in [3.63, 3.8) is 0 Å². The molecule has 4 nitrogen and oxygen atoms in total. The molecule has 0 aliphatic heterocycles. The molecule has 0 heterocycles. The normalized spacial score (nSPS) is 13.5. The fraction of sp³-hybridized carbons (Fsp3) is 0.500. The Balaban J connectivity index is 3.32. The van der Waals surface area contributed by atoms with Gasteiger partial charge in [0.25, 0.3) is 0 Å². The van der Waals surface area contributed by atoms with Crippen molar-refractivity contribution in [2.24, 2.45) is 11.7 Å². The third-order valence-electron chi connectivity index (χ3n) is 3.42. The number of methoxy groups -OCH3 is 3. The molecule has 0 bridgehead atoms. The third-order valence-corrected chi connectivity index (χ3v) is 3.80. The van der Waals surface area contributed by atoms with Gasteiger partial charge in [0.2, 0.25) is 5.75 Å². The minimum Gasteiger partial charge on any atom is -0.493 e. The highest BCUT2D eigenvalue weighted by Gasteiger charge is 2.24. The molecular formula is C14H21NO3S. The molecule has 0 saturated heterocycles. The van der Waals surface area contributed by atoms with Crippen LogP contribution < -0.4 is 19.9 Å². The molecule has 0 aliphatic carbocycles. The number of thiocarbonyl (C=S) groups is 1. The maximum Gasteiger partial charge on any atom is 0.203 e. The molecule has 0 spiro atoms. The Kier molecular flexibility index (Phi) is 5.42. The van der Waals surface area contributed by atoms with E-state index in [1.165, 1.54) is 0 Å². The third kappa shape index (κ3) is 3.10. The van der Waals surface area contributed by atoms with Crippen LogP contribution in [-0.2, 0) is 0 Å². The van der Waals surface area contributed by atoms with Crippen LogP contribution in [0.1, 0.15) is 25.3 Å². The summed E-state index contributed by atoms with van der Waals surface area (Å²) < 4.78 is 16.1. The van der Waals surface area contributed by atoms with Crippen LogP contribution in [0.15, 0.2) is 12.1 Å². The van der Waals surface area contributed by atoms with Crippen molar-refractivity contribution in [3.8, 4) is 17.2 Å². The van der Waals surface area contributed by atoms with Crippen molar-refractivity contribution in [2.45, 2.75) is 19.8 Å². The van der Waals surface area contributed by atoms with Crippen molar-refractivity contribution in [1.29, 1.82) is 0 Å². The summed E-state index contributed by atoms with van der Waals surface area (Å²) in [6, 6.07) is 3.82. The van der Waals surface area contributed by atoms with E-state index in [2.05, 4.69) is 6.92 Å². The summed E-state index contributed by atoms with van der Waals surface area (Å²) in [4.78, 5) is 0.490. The second kappa shape index (κ2) is 6.61. The first-order chi connectivity index (χ1) is 8.97. The van der Waals surface area contributed by atoms with Gasteiger partial charge in [0.1, 0.15) is 0 Å². The summed E-state index contributed by atoms with van der Waals surface area (Å²) in [5.74, 6) is 2.09. The Morgan fingerprint density at radius 2 is 1.63 bits per heavy atom. The van der Waals surface area contributed by atoms with E-state index in [1.807, 2.05) is 19.1 Å². The monoisotopic (exact) mass is 283 g/mol. The molecule has 106 valence electrons. The maximum atomic E-state index is 5.73. The Morgan fingerprint density at radius 3 is 2.05 bits per heavy atom. The Labute approximate surface area is 119 Å². The van der Waals surface area contributed by atoms with Crippen molar-refractivity contribution in [1.82, 2.24) is 0 Å². The molecule has 0 radical (unpaired) electrons. The summed E-state index contributed by atoms with van der Waals surface area (Å²) in [6.07, 6.45) is 0. The first-order valence-electron chi connectivity index (χ1n) is 6.06. The van der Waals surface area contributed by atoms with Gasteiger partial charge in [-0.05, 0) is 12.0 Å². The molecule has 19 heavy (non-hydrogen) atoms. The van der Waals surface area contributed by atoms with E-state index in [0.717, 1.165) is 5.56 Å². The first kappa shape index (κ1) is 15.6. The van der Waals surface area contributed by atoms with Gasteiger partial charge in [0.15, 0.2) is 11.5 Å². The van der Waals surface area contributed by atoms with Crippen molar-refractivity contribution in [3.05, 3.63) is 17.7 Å². The molecule has 0 amide bonds. The van der Waals surface area contributed by atoms with E-state index in [1.54, 1.807) is 21.3 Å². The van der Waals surface area contributed by atoms with Crippen molar-refractivity contribution >= 4 is 17.2 Å². The molecule has 0 aromatic heterocycles. The molecule has 0 saturated carbocycles. The first-order valence-corrected chi connectivity index (χ1v) is 6.46. The molecule has 2 unspecified atom stereocenters. The number of hydrogen-bond donors (Lipinski definition) is 1. The van der Waals surface area contributed by atoms with E-state index in [4.69, 9.17) is 32.2 Å². The lowest BCUT2D eigenvalue weighted by Crippen LogP contribution is -2.23. The molecule has 5 heteroatoms. The van der Waals surface area contributed by atoms with Crippen molar-refractivity contribution < 1.29 is 14.2 Å². The van der Waals surface area contributed by atoms with E-state index in [9.17, 15) is 0 Å². The standard InChI is InChI=1S/C14H21NO3S/c1-8(9(2)14(15)19)10-6-7-11(16-3)13(18-5)12(10)17-4/h6-9H,1-5H3,(H2,15,19). The van der Waals surface area contributed by atoms with Crippen LogP contribution in [0.3, 0.4) is 0 Å². The fourth-order valence-corrected chi connectivity index (χ4v) is 2.20. The molecule has 0 fully saturated rings. The minimum atomic E-state index is 0.0713. The number of rotatable bonds is 6. The average Bonchev–Trinajstić information content (AvgIpc) is 2.43. The Bertz CT molecular complexity index is 462. The highest BCUT2D eigenvalue weighted by Crippen LogP contribution is 2.44. The van der Waals surface area contributed by atoms with Crippen LogP contribution in [0.5, 0.6) is 17.2 Å². The number of benzene rings is 1. The summed E-state index contributed by atoms with van der Waals surface area (Å²) >= 11 is 5.06. The summed E-state index contributed by atoms with van der Waals surface area (Å²) in [5, 5.41) is 0. The predicted octanol–water partition coefficient (Wildman–Crippen LogP) is 2.74. The second-order valence-corrected chi connectivity index (χ2v) is 4.87. The molecule has 1 rings (SSSR count). The number of nitrogens with two attached hydrogens (primary N) is 1. The van der Waals surface area contributed by atoms with Gasteiger partial charge in [0, 0.05) is 11.5 Å². The van der Waals surface area contributed by atoms with E-state index in [-0.39, 0.29) is 11.8 Å². The van der Waals surface area contributed by atoms with E-state index >= 15 is 0 Å². The smallest absolute Gasteiger partial charge is 0.203 e. The summed E-state index contributed by atoms with van der Waals surface area (Å²) in [5.41, 5.74) is 6.73. The van der Waals surface area contributed by atoms with Crippen LogP contribution in [-0.4, -0.2) is 26.3 Å². The fourth-order valence-electron chi connectivity index (χ4n) is 2.00. The van der Waals surface area contributed by atoms with Gasteiger partial charge < -0.3 is 19.9 Å². The predicted molar refractivity (Wildman–Crippen MR) is 80.5 cm³/mol. The number of hydrogen-bond acceptors (Lipinski definition) is 4. The second-order valence-electron chi connectivity index (χ2n) is 4.40. The molecule has 2 atom stereocenters. The Hall–Kier alpha value is -1.49. The lowest BCUT2D eigenvalue weighted by Gasteiger charge is -2.23. The van der Waals surface area contributed by atoms with Gasteiger partial charge in [0.05, 0.1) is 26.3 Å². The highest BCUT2D eigenvalue weighted by molar-refractivity contribution is 7.80. The van der Waals surface area contributed by atoms with Crippen LogP contribution in [0.4, 0.5) is 0 Å². The van der Waals surface area contributed by atoms with Gasteiger partial charge in [-0.15, -0.1) is 0 Å². The zero-order chi connectivity index (χ0) is 14.6. The minimum absolute atomic E-state index is 0.0713. The SMILES string of the molecule is COc1ccc(C(C)C(C)C(N)=S)c(OC)c1OC. The molecule has 1 aromatic carbocycles. The van der Waals surface area contributed by atoms with E-state index in [0.29, 0.717) is 22.2 Å². The lowest BCUT2D eigenvalue weighted by atomic mass is 9.88. The zero-order valence-electron chi connectivity index (χ0n) is 12.0. The summed E-state index contributed by atoms with van der Waals surface area (Å²) in [7, 11) is 4.79. The van der Waals surface area contributed by atoms with Crippen LogP contribution in [0, 0.1) is 5.92 Å². The average molecular weight is 283 g/mol. The molecule has 1 aromatic rings. The van der Waals surface area contributed by atoms with Gasteiger partial charge in [-0.1, -0.05) is 32.1 Å². The summed E-state index contributed by atoms with van der Waals surface area (Å²) in [6.45, 7) is 4.07. The van der Waals surface area contributed by atoms with Gasteiger partial charge in [-0.3, -0.25) is 0 Å². The van der Waals surface area contributed by atoms with Gasteiger partial charge in [-0.2, -0.15) is 0 Å². The number of ether oxygens (including phenoxy) is 3. The largest absolute Gasteiger partial charge is 0.493 e. The zero-order valence-corrected chi connectivity index (χ0v) is 12.8. The maximum absolute atomic E-state index is 5.73. The van der Waals surface area contributed by atoms with Crippen LogP contribution >= 0.6 is 12.2 Å². The molecule has 0 aliphatic rings. The van der Waals surface area contributed by atoms with Crippen LogP contribution in [0.25, 0.3) is 0 Å². The van der Waals surface area contributed by atoms with E-state index < -0.39 is 0 Å². The van der Waals surface area contributed by atoms with Crippen LogP contribution in [0.2, 0.25) is 0 Å². The van der Waals surface area contributed by atoms with Crippen molar-refractivity contribution in [2.75, 3.05) is 21.3 Å².